The van der Waals surface area contributed by atoms with E-state index >= 15 is 0 Å². The Kier molecular flexibility index (Phi) is 7.50. The van der Waals surface area contributed by atoms with Crippen LogP contribution < -0.4 is 5.32 Å². The second-order valence-corrected chi connectivity index (χ2v) is 4.77. The lowest BCUT2D eigenvalue weighted by molar-refractivity contribution is -0.141. The normalized spacial score (nSPS) is 19.2. The summed E-state index contributed by atoms with van der Waals surface area (Å²) in [5, 5.41) is 11.9. The number of hydrogen-bond acceptors (Lipinski definition) is 5. The van der Waals surface area contributed by atoms with Gasteiger partial charge in [-0.1, -0.05) is 0 Å². The summed E-state index contributed by atoms with van der Waals surface area (Å²) in [6, 6.07) is -0.473. The predicted molar refractivity (Wildman–Crippen MR) is 74.2 cm³/mol. The van der Waals surface area contributed by atoms with Gasteiger partial charge in [0.15, 0.2) is 0 Å². The Morgan fingerprint density at radius 3 is 3.00 bits per heavy atom. The van der Waals surface area contributed by atoms with Gasteiger partial charge in [0.25, 0.3) is 0 Å². The molecule has 0 aromatic rings. The van der Waals surface area contributed by atoms with Crippen molar-refractivity contribution in [1.29, 1.82) is 0 Å². The van der Waals surface area contributed by atoms with Crippen molar-refractivity contribution in [2.75, 3.05) is 53.0 Å². The largest absolute Gasteiger partial charge is 0.395 e. The van der Waals surface area contributed by atoms with Gasteiger partial charge in [-0.25, -0.2) is 0 Å². The molecule has 1 heterocycles. The van der Waals surface area contributed by atoms with Gasteiger partial charge in [0.1, 0.15) is 0 Å². The summed E-state index contributed by atoms with van der Waals surface area (Å²) >= 11 is 0. The number of piperazine rings is 1. The van der Waals surface area contributed by atoms with Gasteiger partial charge in [0.05, 0.1) is 25.7 Å². The first-order valence-electron chi connectivity index (χ1n) is 7.04. The minimum Gasteiger partial charge on any atom is -0.395 e. The van der Waals surface area contributed by atoms with Crippen LogP contribution in [-0.2, 0) is 14.3 Å². The molecule has 1 fully saturated rings. The number of hydrogen-bond donors (Lipinski definition) is 2. The molecule has 0 aliphatic carbocycles. The number of ether oxygens (including phenoxy) is 1. The van der Waals surface area contributed by atoms with Gasteiger partial charge < -0.3 is 25.0 Å². The highest BCUT2D eigenvalue weighted by molar-refractivity contribution is 5.88. The lowest BCUT2D eigenvalue weighted by Gasteiger charge is -2.33. The van der Waals surface area contributed by atoms with Crippen LogP contribution in [0.2, 0.25) is 0 Å². The molecule has 1 aliphatic heterocycles. The molecule has 0 saturated carbocycles. The first kappa shape index (κ1) is 16.9. The maximum Gasteiger partial charge on any atom is 0.240 e. The van der Waals surface area contributed by atoms with Gasteiger partial charge in [-0.3, -0.25) is 9.59 Å². The summed E-state index contributed by atoms with van der Waals surface area (Å²) in [6.07, 6.45) is 0.125. The average molecular weight is 287 g/mol. The highest BCUT2D eigenvalue weighted by Gasteiger charge is 2.30. The molecule has 1 atom stereocenters. The van der Waals surface area contributed by atoms with Crippen LogP contribution in [0.25, 0.3) is 0 Å². The van der Waals surface area contributed by atoms with Crippen molar-refractivity contribution in [1.82, 2.24) is 15.1 Å². The van der Waals surface area contributed by atoms with Crippen LogP contribution in [0.3, 0.4) is 0 Å². The predicted octanol–water partition coefficient (Wildman–Crippen LogP) is -1.34. The van der Waals surface area contributed by atoms with E-state index in [2.05, 4.69) is 5.32 Å². The smallest absolute Gasteiger partial charge is 0.240 e. The molecule has 116 valence electrons. The Hall–Kier alpha value is -1.18. The molecule has 1 unspecified atom stereocenters. The Bertz CT molecular complexity index is 325. The van der Waals surface area contributed by atoms with Crippen LogP contribution in [0.1, 0.15) is 13.3 Å². The lowest BCUT2D eigenvalue weighted by atomic mass is 10.1. The quantitative estimate of drug-likeness (QED) is 0.540. The molecule has 2 N–H and O–H groups in total. The van der Waals surface area contributed by atoms with Crippen molar-refractivity contribution in [3.05, 3.63) is 0 Å². The summed E-state index contributed by atoms with van der Waals surface area (Å²) in [5.74, 6) is -0.196. The van der Waals surface area contributed by atoms with Crippen LogP contribution in [0.5, 0.6) is 0 Å². The second kappa shape index (κ2) is 8.89. The first-order valence-corrected chi connectivity index (χ1v) is 7.04. The van der Waals surface area contributed by atoms with E-state index in [0.29, 0.717) is 32.8 Å². The zero-order valence-electron chi connectivity index (χ0n) is 12.3. The Balaban J connectivity index is 2.45. The van der Waals surface area contributed by atoms with Gasteiger partial charge >= 0.3 is 0 Å². The SMILES string of the molecule is CCOCCN1CCNC(CC(=O)N(C)CCO)C1=O. The van der Waals surface area contributed by atoms with E-state index in [-0.39, 0.29) is 31.4 Å². The maximum absolute atomic E-state index is 12.2. The van der Waals surface area contributed by atoms with Crippen LogP contribution in [0.15, 0.2) is 0 Å². The molecule has 0 aromatic heterocycles. The number of carbonyl (C=O) groups excluding carboxylic acids is 2. The van der Waals surface area contributed by atoms with Crippen molar-refractivity contribution in [2.45, 2.75) is 19.4 Å². The third kappa shape index (κ3) is 5.07. The van der Waals surface area contributed by atoms with Gasteiger partial charge in [-0.15, -0.1) is 0 Å². The molecular formula is C13H25N3O4. The number of nitrogens with one attached hydrogen (secondary N) is 1. The summed E-state index contributed by atoms with van der Waals surface area (Å²) in [6.45, 7) is 5.16. The molecule has 0 bridgehead atoms. The summed E-state index contributed by atoms with van der Waals surface area (Å²) in [5.41, 5.74) is 0. The molecule has 7 nitrogen and oxygen atoms in total. The summed E-state index contributed by atoms with van der Waals surface area (Å²) in [4.78, 5) is 27.3. The van der Waals surface area contributed by atoms with E-state index in [9.17, 15) is 9.59 Å². The number of likely N-dealkylation sites (N-methyl/N-ethyl adjacent to an activating group) is 1. The van der Waals surface area contributed by atoms with Crippen molar-refractivity contribution < 1.29 is 19.4 Å². The highest BCUT2D eigenvalue weighted by Crippen LogP contribution is 2.07. The summed E-state index contributed by atoms with van der Waals surface area (Å²) in [7, 11) is 1.62. The highest BCUT2D eigenvalue weighted by atomic mass is 16.5. The Morgan fingerprint density at radius 2 is 2.35 bits per heavy atom. The van der Waals surface area contributed by atoms with Crippen molar-refractivity contribution in [2.24, 2.45) is 0 Å². The Labute approximate surface area is 119 Å². The van der Waals surface area contributed by atoms with Gasteiger partial charge in [0.2, 0.25) is 11.8 Å². The fourth-order valence-electron chi connectivity index (χ4n) is 2.10. The standard InChI is InChI=1S/C13H25N3O4/c1-3-20-9-7-16-5-4-14-11(13(16)19)10-12(18)15(2)6-8-17/h11,14,17H,3-10H2,1-2H3. The van der Waals surface area contributed by atoms with Crippen LogP contribution in [0, 0.1) is 0 Å². The average Bonchev–Trinajstić information content (AvgIpc) is 2.43. The number of rotatable bonds is 8. The topological polar surface area (TPSA) is 82.1 Å². The second-order valence-electron chi connectivity index (χ2n) is 4.77. The number of amides is 2. The molecule has 1 saturated heterocycles. The van der Waals surface area contributed by atoms with Gasteiger partial charge in [0, 0.05) is 39.8 Å². The minimum atomic E-state index is -0.473. The molecule has 0 spiro atoms. The van der Waals surface area contributed by atoms with E-state index in [0.717, 1.165) is 0 Å². The van der Waals surface area contributed by atoms with Crippen LogP contribution >= 0.6 is 0 Å². The minimum absolute atomic E-state index is 0.0540. The first-order chi connectivity index (χ1) is 9.60. The number of carbonyl (C=O) groups is 2. The Morgan fingerprint density at radius 1 is 1.60 bits per heavy atom. The number of aliphatic hydroxyl groups is 1. The van der Waals surface area contributed by atoms with E-state index < -0.39 is 6.04 Å². The number of nitrogens with zero attached hydrogens (tertiary/aromatic N) is 2. The summed E-state index contributed by atoms with van der Waals surface area (Å²) < 4.78 is 5.25. The van der Waals surface area contributed by atoms with E-state index in [1.54, 1.807) is 11.9 Å². The third-order valence-corrected chi connectivity index (χ3v) is 3.33. The number of aliphatic hydroxyl groups excluding tert-OH is 1. The molecule has 0 radical (unpaired) electrons. The fourth-order valence-corrected chi connectivity index (χ4v) is 2.10. The zero-order chi connectivity index (χ0) is 15.0. The monoisotopic (exact) mass is 287 g/mol. The maximum atomic E-state index is 12.2. The molecule has 7 heteroatoms. The van der Waals surface area contributed by atoms with Crippen molar-refractivity contribution in [3.63, 3.8) is 0 Å². The van der Waals surface area contributed by atoms with Gasteiger partial charge in [-0.2, -0.15) is 0 Å². The van der Waals surface area contributed by atoms with Crippen molar-refractivity contribution >= 4 is 11.8 Å². The van der Waals surface area contributed by atoms with Crippen LogP contribution in [0.4, 0.5) is 0 Å². The van der Waals surface area contributed by atoms with Crippen LogP contribution in [-0.4, -0.2) is 85.8 Å². The van der Waals surface area contributed by atoms with E-state index in [1.807, 2.05) is 6.92 Å². The van der Waals surface area contributed by atoms with Crippen molar-refractivity contribution in [3.8, 4) is 0 Å². The zero-order valence-corrected chi connectivity index (χ0v) is 12.3. The lowest BCUT2D eigenvalue weighted by Crippen LogP contribution is -2.56. The molecule has 2 amide bonds. The van der Waals surface area contributed by atoms with Gasteiger partial charge in [-0.05, 0) is 6.92 Å². The van der Waals surface area contributed by atoms with E-state index in [4.69, 9.17) is 9.84 Å². The molecule has 1 aliphatic rings. The van der Waals surface area contributed by atoms with E-state index in [1.165, 1.54) is 4.90 Å². The molecule has 1 rings (SSSR count). The molecular weight excluding hydrogens is 262 g/mol. The third-order valence-electron chi connectivity index (χ3n) is 3.33. The molecule has 20 heavy (non-hydrogen) atoms. The fraction of sp³-hybridized carbons (Fsp3) is 0.846. The molecule has 0 aromatic carbocycles.